The monoisotopic (exact) mass is 328 g/mol. The Hall–Kier alpha value is -2.23. The van der Waals surface area contributed by atoms with E-state index < -0.39 is 12.6 Å². The number of fused-ring (bicyclic) bond motifs is 1. The SMILES string of the molecule is Cn1cc2c(NCc3nc(CC(F)(F)F)cs3)ncnc2n1. The molecule has 3 aromatic heterocycles. The number of alkyl halides is 3. The number of nitrogens with one attached hydrogen (secondary N) is 1. The summed E-state index contributed by atoms with van der Waals surface area (Å²) in [4.78, 5) is 12.1. The number of aryl methyl sites for hydroxylation is 1. The van der Waals surface area contributed by atoms with Gasteiger partial charge in [-0.15, -0.1) is 11.3 Å². The van der Waals surface area contributed by atoms with Crippen molar-refractivity contribution in [3.63, 3.8) is 0 Å². The Morgan fingerprint density at radius 2 is 2.14 bits per heavy atom. The molecule has 116 valence electrons. The smallest absolute Gasteiger partial charge is 0.363 e. The van der Waals surface area contributed by atoms with Crippen LogP contribution in [0.5, 0.6) is 0 Å². The van der Waals surface area contributed by atoms with Gasteiger partial charge in [0.25, 0.3) is 0 Å². The molecule has 0 atom stereocenters. The summed E-state index contributed by atoms with van der Waals surface area (Å²) in [6.45, 7) is 0.295. The van der Waals surface area contributed by atoms with Crippen LogP contribution in [-0.2, 0) is 20.0 Å². The van der Waals surface area contributed by atoms with E-state index in [9.17, 15) is 13.2 Å². The van der Waals surface area contributed by atoms with Gasteiger partial charge in [0.05, 0.1) is 24.0 Å². The van der Waals surface area contributed by atoms with E-state index in [1.807, 2.05) is 0 Å². The van der Waals surface area contributed by atoms with Gasteiger partial charge in [-0.05, 0) is 0 Å². The highest BCUT2D eigenvalue weighted by Gasteiger charge is 2.28. The van der Waals surface area contributed by atoms with Gasteiger partial charge in [-0.2, -0.15) is 18.3 Å². The Kier molecular flexibility index (Phi) is 3.69. The van der Waals surface area contributed by atoms with Gasteiger partial charge in [-0.1, -0.05) is 0 Å². The fraction of sp³-hybridized carbons (Fsp3) is 0.333. The van der Waals surface area contributed by atoms with Crippen LogP contribution in [0, 0.1) is 0 Å². The van der Waals surface area contributed by atoms with E-state index in [4.69, 9.17) is 0 Å². The molecular formula is C12H11F3N6S. The van der Waals surface area contributed by atoms with Crippen molar-refractivity contribution in [3.8, 4) is 0 Å². The molecule has 22 heavy (non-hydrogen) atoms. The Morgan fingerprint density at radius 1 is 1.32 bits per heavy atom. The zero-order valence-corrected chi connectivity index (χ0v) is 12.2. The summed E-state index contributed by atoms with van der Waals surface area (Å²) >= 11 is 1.18. The lowest BCUT2D eigenvalue weighted by atomic mass is 10.3. The zero-order chi connectivity index (χ0) is 15.7. The van der Waals surface area contributed by atoms with Crippen LogP contribution < -0.4 is 5.32 Å². The van der Waals surface area contributed by atoms with E-state index in [1.165, 1.54) is 23.0 Å². The fourth-order valence-corrected chi connectivity index (χ4v) is 2.70. The molecule has 1 N–H and O–H groups in total. The first-order valence-corrected chi connectivity index (χ1v) is 7.17. The first-order chi connectivity index (χ1) is 10.4. The summed E-state index contributed by atoms with van der Waals surface area (Å²) in [5, 5.41) is 9.95. The van der Waals surface area contributed by atoms with Crippen LogP contribution in [0.4, 0.5) is 19.0 Å². The highest BCUT2D eigenvalue weighted by atomic mass is 32.1. The Balaban J connectivity index is 1.72. The molecule has 3 aromatic rings. The second-order valence-electron chi connectivity index (χ2n) is 4.64. The molecule has 0 bridgehead atoms. The van der Waals surface area contributed by atoms with Crippen LogP contribution in [0.15, 0.2) is 17.9 Å². The lowest BCUT2D eigenvalue weighted by Crippen LogP contribution is -2.12. The van der Waals surface area contributed by atoms with Gasteiger partial charge in [0.2, 0.25) is 0 Å². The van der Waals surface area contributed by atoms with Crippen molar-refractivity contribution in [1.29, 1.82) is 0 Å². The van der Waals surface area contributed by atoms with E-state index in [2.05, 4.69) is 25.4 Å². The molecule has 10 heteroatoms. The maximum Gasteiger partial charge on any atom is 0.394 e. The van der Waals surface area contributed by atoms with Crippen LogP contribution in [0.3, 0.4) is 0 Å². The molecule has 0 spiro atoms. The maximum atomic E-state index is 12.3. The minimum Gasteiger partial charge on any atom is -0.363 e. The number of halogens is 3. The number of anilines is 1. The predicted octanol–water partition coefficient (Wildman–Crippen LogP) is 2.54. The van der Waals surface area contributed by atoms with Gasteiger partial charge in [0.15, 0.2) is 5.65 Å². The summed E-state index contributed by atoms with van der Waals surface area (Å²) in [5.74, 6) is 0.575. The van der Waals surface area contributed by atoms with E-state index in [-0.39, 0.29) is 5.69 Å². The first-order valence-electron chi connectivity index (χ1n) is 6.29. The normalized spacial score (nSPS) is 12.0. The molecule has 3 heterocycles. The molecule has 0 amide bonds. The molecule has 3 rings (SSSR count). The second-order valence-corrected chi connectivity index (χ2v) is 5.58. The molecule has 0 aliphatic carbocycles. The summed E-state index contributed by atoms with van der Waals surface area (Å²) in [6.07, 6.45) is -2.10. The van der Waals surface area contributed by atoms with Crippen molar-refractivity contribution in [1.82, 2.24) is 24.7 Å². The average molecular weight is 328 g/mol. The second kappa shape index (κ2) is 5.52. The highest BCUT2D eigenvalue weighted by molar-refractivity contribution is 7.09. The van der Waals surface area contributed by atoms with E-state index in [1.54, 1.807) is 17.9 Å². The Morgan fingerprint density at radius 3 is 2.91 bits per heavy atom. The largest absolute Gasteiger partial charge is 0.394 e. The number of thiazole rings is 1. The summed E-state index contributed by atoms with van der Waals surface area (Å²) < 4.78 is 38.5. The standard InChI is InChI=1S/C12H11F3N6S/c1-21-4-8-10(17-6-18-11(8)20-21)16-3-9-19-7(5-22-9)2-12(13,14)15/h4-6H,2-3H2,1H3,(H,16,17,18,20). The zero-order valence-electron chi connectivity index (χ0n) is 11.4. The lowest BCUT2D eigenvalue weighted by Gasteiger charge is -2.04. The third-order valence-corrected chi connectivity index (χ3v) is 3.72. The van der Waals surface area contributed by atoms with Crippen LogP contribution >= 0.6 is 11.3 Å². The lowest BCUT2D eigenvalue weighted by molar-refractivity contribution is -0.127. The van der Waals surface area contributed by atoms with Crippen LogP contribution in [0.1, 0.15) is 10.7 Å². The number of aromatic nitrogens is 5. The number of rotatable bonds is 4. The predicted molar refractivity (Wildman–Crippen MR) is 75.5 cm³/mol. The maximum absolute atomic E-state index is 12.3. The third kappa shape index (κ3) is 3.32. The minimum absolute atomic E-state index is 0.0310. The van der Waals surface area contributed by atoms with Crippen molar-refractivity contribution in [2.24, 2.45) is 7.05 Å². The van der Waals surface area contributed by atoms with E-state index >= 15 is 0 Å². The van der Waals surface area contributed by atoms with Crippen LogP contribution in [0.25, 0.3) is 11.0 Å². The Bertz CT molecular complexity index is 794. The van der Waals surface area contributed by atoms with Crippen molar-refractivity contribution in [2.75, 3.05) is 5.32 Å². The molecule has 0 aromatic carbocycles. The van der Waals surface area contributed by atoms with Crippen molar-refractivity contribution < 1.29 is 13.2 Å². The number of nitrogens with zero attached hydrogens (tertiary/aromatic N) is 5. The van der Waals surface area contributed by atoms with Gasteiger partial charge < -0.3 is 5.32 Å². The molecule has 0 aliphatic heterocycles. The number of hydrogen-bond donors (Lipinski definition) is 1. The van der Waals surface area contributed by atoms with Crippen LogP contribution in [0.2, 0.25) is 0 Å². The van der Waals surface area contributed by atoms with Gasteiger partial charge in [0.1, 0.15) is 17.2 Å². The van der Waals surface area contributed by atoms with Crippen molar-refractivity contribution in [2.45, 2.75) is 19.1 Å². The molecule has 0 saturated heterocycles. The van der Waals surface area contributed by atoms with Gasteiger partial charge >= 0.3 is 6.18 Å². The van der Waals surface area contributed by atoms with Crippen molar-refractivity contribution >= 4 is 28.2 Å². The fourth-order valence-electron chi connectivity index (χ4n) is 1.97. The van der Waals surface area contributed by atoms with E-state index in [0.29, 0.717) is 23.0 Å². The molecular weight excluding hydrogens is 317 g/mol. The van der Waals surface area contributed by atoms with Gasteiger partial charge in [-0.3, -0.25) is 4.68 Å². The van der Waals surface area contributed by atoms with Crippen LogP contribution in [-0.4, -0.2) is 30.9 Å². The van der Waals surface area contributed by atoms with Crippen molar-refractivity contribution in [3.05, 3.63) is 28.6 Å². The molecule has 0 unspecified atom stereocenters. The molecule has 0 radical (unpaired) electrons. The summed E-state index contributed by atoms with van der Waals surface area (Å²) in [7, 11) is 1.77. The average Bonchev–Trinajstić information content (AvgIpc) is 2.99. The topological polar surface area (TPSA) is 68.5 Å². The van der Waals surface area contributed by atoms with E-state index in [0.717, 1.165) is 5.39 Å². The quantitative estimate of drug-likeness (QED) is 0.797. The van der Waals surface area contributed by atoms with Gasteiger partial charge in [0, 0.05) is 18.6 Å². The molecule has 0 fully saturated rings. The first kappa shape index (κ1) is 14.7. The van der Waals surface area contributed by atoms with Gasteiger partial charge in [-0.25, -0.2) is 15.0 Å². The number of hydrogen-bond acceptors (Lipinski definition) is 6. The Labute approximate surface area is 127 Å². The third-order valence-electron chi connectivity index (χ3n) is 2.82. The molecule has 0 aliphatic rings. The summed E-state index contributed by atoms with van der Waals surface area (Å²) in [6, 6.07) is 0. The molecule has 0 saturated carbocycles. The highest BCUT2D eigenvalue weighted by Crippen LogP contribution is 2.23. The minimum atomic E-state index is -4.24. The molecule has 6 nitrogen and oxygen atoms in total. The summed E-state index contributed by atoms with van der Waals surface area (Å²) in [5.41, 5.74) is 0.584.